The van der Waals surface area contributed by atoms with E-state index in [2.05, 4.69) is 15.1 Å². The molecular weight excluding hydrogens is 404 g/mol. The van der Waals surface area contributed by atoms with Gasteiger partial charge >= 0.3 is 5.97 Å². The van der Waals surface area contributed by atoms with Gasteiger partial charge in [0.25, 0.3) is 5.56 Å². The molecule has 9 heteroatoms. The van der Waals surface area contributed by atoms with Crippen molar-refractivity contribution in [3.8, 4) is 0 Å². The lowest BCUT2D eigenvalue weighted by Gasteiger charge is -2.09. The van der Waals surface area contributed by atoms with Crippen LogP contribution < -0.4 is 5.56 Å². The van der Waals surface area contributed by atoms with E-state index in [-0.39, 0.29) is 12.2 Å². The summed E-state index contributed by atoms with van der Waals surface area (Å²) in [6.07, 6.45) is 1.66. The van der Waals surface area contributed by atoms with Gasteiger partial charge in [0.1, 0.15) is 12.3 Å². The summed E-state index contributed by atoms with van der Waals surface area (Å²) in [6, 6.07) is 12.2. The first-order valence-corrected chi connectivity index (χ1v) is 10.2. The minimum absolute atomic E-state index is 0.0965. The highest BCUT2D eigenvalue weighted by Crippen LogP contribution is 2.26. The van der Waals surface area contributed by atoms with Gasteiger partial charge in [0.15, 0.2) is 5.82 Å². The Balaban J connectivity index is 1.49. The fraction of sp³-hybridized carbons (Fsp3) is 0.190. The average molecular weight is 422 g/mol. The van der Waals surface area contributed by atoms with Crippen LogP contribution in [-0.4, -0.2) is 25.5 Å². The van der Waals surface area contributed by atoms with Gasteiger partial charge in [-0.25, -0.2) is 9.78 Å². The molecule has 8 nitrogen and oxygen atoms in total. The molecule has 0 radical (unpaired) electrons. The number of rotatable bonds is 6. The van der Waals surface area contributed by atoms with Crippen LogP contribution in [0.15, 0.2) is 62.9 Å². The van der Waals surface area contributed by atoms with Gasteiger partial charge in [0.05, 0.1) is 17.0 Å². The molecule has 0 bridgehead atoms. The van der Waals surface area contributed by atoms with Gasteiger partial charge in [-0.2, -0.15) is 4.98 Å². The Morgan fingerprint density at radius 2 is 2.00 bits per heavy atom. The molecule has 0 aliphatic carbocycles. The highest BCUT2D eigenvalue weighted by Gasteiger charge is 2.15. The Hall–Kier alpha value is -3.46. The van der Waals surface area contributed by atoms with Crippen LogP contribution >= 0.6 is 11.8 Å². The van der Waals surface area contributed by atoms with Crippen molar-refractivity contribution in [3.63, 3.8) is 0 Å². The first kappa shape index (κ1) is 19.8. The molecule has 0 N–H and O–H groups in total. The summed E-state index contributed by atoms with van der Waals surface area (Å²) < 4.78 is 12.0. The van der Waals surface area contributed by atoms with Crippen LogP contribution in [0.2, 0.25) is 0 Å². The molecule has 0 saturated carbocycles. The average Bonchev–Trinajstić information content (AvgIpc) is 3.16. The van der Waals surface area contributed by atoms with Crippen LogP contribution in [0.3, 0.4) is 0 Å². The first-order chi connectivity index (χ1) is 14.5. The monoisotopic (exact) mass is 422 g/mol. The van der Waals surface area contributed by atoms with Gasteiger partial charge in [-0.3, -0.25) is 9.20 Å². The lowest BCUT2D eigenvalue weighted by Crippen LogP contribution is -2.17. The van der Waals surface area contributed by atoms with Gasteiger partial charge in [0.2, 0.25) is 5.89 Å². The standard InChI is InChI=1S/C21H18N4O4S/c1-13-6-5-9-25-19(26)10-15(23-20(13)25)11-28-21(27)16-7-3-4-8-17(16)30-12-18-22-14(2)24-29-18/h3-10H,11-12H2,1-2H3. The van der Waals surface area contributed by atoms with Crippen molar-refractivity contribution >= 4 is 23.4 Å². The molecule has 3 heterocycles. The molecule has 30 heavy (non-hydrogen) atoms. The van der Waals surface area contributed by atoms with E-state index in [0.29, 0.717) is 34.4 Å². The highest BCUT2D eigenvalue weighted by molar-refractivity contribution is 7.98. The van der Waals surface area contributed by atoms with E-state index >= 15 is 0 Å². The topological polar surface area (TPSA) is 99.6 Å². The summed E-state index contributed by atoms with van der Waals surface area (Å²) in [5, 5.41) is 3.76. The minimum Gasteiger partial charge on any atom is -0.456 e. The Labute approximate surface area is 175 Å². The van der Waals surface area contributed by atoms with Crippen LogP contribution in [0, 0.1) is 13.8 Å². The quantitative estimate of drug-likeness (QED) is 0.345. The van der Waals surface area contributed by atoms with Crippen molar-refractivity contribution < 1.29 is 14.1 Å². The van der Waals surface area contributed by atoms with E-state index in [9.17, 15) is 9.59 Å². The Morgan fingerprint density at radius 1 is 1.17 bits per heavy atom. The normalized spacial score (nSPS) is 11.0. The SMILES string of the molecule is Cc1noc(CSc2ccccc2C(=O)OCc2cc(=O)n3cccc(C)c3n2)n1. The van der Waals surface area contributed by atoms with Crippen LogP contribution in [0.1, 0.15) is 33.3 Å². The number of carbonyl (C=O) groups excluding carboxylic acids is 1. The van der Waals surface area contributed by atoms with Crippen molar-refractivity contribution in [2.45, 2.75) is 31.1 Å². The smallest absolute Gasteiger partial charge is 0.339 e. The van der Waals surface area contributed by atoms with Crippen molar-refractivity contribution in [2.75, 3.05) is 0 Å². The maximum Gasteiger partial charge on any atom is 0.339 e. The van der Waals surface area contributed by atoms with Gasteiger partial charge in [0, 0.05) is 17.2 Å². The maximum absolute atomic E-state index is 12.7. The van der Waals surface area contributed by atoms with Crippen molar-refractivity contribution in [3.05, 3.63) is 87.6 Å². The summed E-state index contributed by atoms with van der Waals surface area (Å²) in [7, 11) is 0. The zero-order valence-corrected chi connectivity index (χ0v) is 17.2. The van der Waals surface area contributed by atoms with E-state index < -0.39 is 5.97 Å². The number of hydrogen-bond donors (Lipinski definition) is 0. The number of benzene rings is 1. The molecule has 0 aliphatic heterocycles. The Bertz CT molecular complexity index is 1280. The van der Waals surface area contributed by atoms with Crippen molar-refractivity contribution in [1.82, 2.24) is 19.5 Å². The summed E-state index contributed by atoms with van der Waals surface area (Å²) in [5.41, 5.74) is 2.00. The molecule has 4 rings (SSSR count). The second-order valence-corrected chi connectivity index (χ2v) is 7.58. The molecular formula is C21H18N4O4S. The largest absolute Gasteiger partial charge is 0.456 e. The number of thioether (sulfide) groups is 1. The Morgan fingerprint density at radius 3 is 2.80 bits per heavy atom. The second kappa shape index (κ2) is 8.50. The van der Waals surface area contributed by atoms with Crippen LogP contribution in [0.4, 0.5) is 0 Å². The number of ether oxygens (including phenoxy) is 1. The third-order valence-electron chi connectivity index (χ3n) is 4.32. The first-order valence-electron chi connectivity index (χ1n) is 9.17. The molecule has 0 aliphatic rings. The van der Waals surface area contributed by atoms with E-state index in [4.69, 9.17) is 9.26 Å². The molecule has 0 amide bonds. The number of aromatic nitrogens is 4. The fourth-order valence-electron chi connectivity index (χ4n) is 2.90. The van der Waals surface area contributed by atoms with E-state index in [1.807, 2.05) is 25.1 Å². The molecule has 0 fully saturated rings. The second-order valence-electron chi connectivity index (χ2n) is 6.57. The predicted octanol–water partition coefficient (Wildman–Crippen LogP) is 3.34. The molecule has 1 aromatic carbocycles. The highest BCUT2D eigenvalue weighted by atomic mass is 32.2. The number of carbonyl (C=O) groups is 1. The van der Waals surface area contributed by atoms with Crippen LogP contribution in [-0.2, 0) is 17.1 Å². The van der Waals surface area contributed by atoms with E-state index in [1.165, 1.54) is 22.2 Å². The zero-order valence-electron chi connectivity index (χ0n) is 16.4. The summed E-state index contributed by atoms with van der Waals surface area (Å²) in [4.78, 5) is 34.3. The number of hydrogen-bond acceptors (Lipinski definition) is 8. The zero-order chi connectivity index (χ0) is 21.1. The van der Waals surface area contributed by atoms with Crippen LogP contribution in [0.5, 0.6) is 0 Å². The fourth-order valence-corrected chi connectivity index (χ4v) is 3.78. The van der Waals surface area contributed by atoms with E-state index in [1.54, 1.807) is 31.3 Å². The molecule has 4 aromatic rings. The number of nitrogens with zero attached hydrogens (tertiary/aromatic N) is 4. The molecule has 152 valence electrons. The number of esters is 1. The molecule has 3 aromatic heterocycles. The lowest BCUT2D eigenvalue weighted by atomic mass is 10.2. The Kier molecular flexibility index (Phi) is 5.62. The van der Waals surface area contributed by atoms with Gasteiger partial charge in [-0.05, 0) is 37.6 Å². The van der Waals surface area contributed by atoms with Gasteiger partial charge < -0.3 is 9.26 Å². The van der Waals surface area contributed by atoms with Crippen molar-refractivity contribution in [2.24, 2.45) is 0 Å². The number of fused-ring (bicyclic) bond motifs is 1. The molecule has 0 unspecified atom stereocenters. The van der Waals surface area contributed by atoms with Crippen LogP contribution in [0.25, 0.3) is 5.65 Å². The van der Waals surface area contributed by atoms with Crippen molar-refractivity contribution in [1.29, 1.82) is 0 Å². The number of aryl methyl sites for hydroxylation is 2. The van der Waals surface area contributed by atoms with Gasteiger partial charge in [-0.1, -0.05) is 23.4 Å². The molecule has 0 saturated heterocycles. The maximum atomic E-state index is 12.7. The molecule has 0 spiro atoms. The number of pyridine rings is 1. The minimum atomic E-state index is -0.494. The summed E-state index contributed by atoms with van der Waals surface area (Å²) in [6.45, 7) is 3.52. The summed E-state index contributed by atoms with van der Waals surface area (Å²) >= 11 is 1.40. The lowest BCUT2D eigenvalue weighted by molar-refractivity contribution is 0.0463. The third-order valence-corrected chi connectivity index (χ3v) is 5.38. The van der Waals surface area contributed by atoms with E-state index in [0.717, 1.165) is 10.5 Å². The van der Waals surface area contributed by atoms with Gasteiger partial charge in [-0.15, -0.1) is 11.8 Å². The predicted molar refractivity (Wildman–Crippen MR) is 110 cm³/mol. The summed E-state index contributed by atoms with van der Waals surface area (Å²) in [5.74, 6) is 0.990. The third kappa shape index (κ3) is 4.25. The molecule has 0 atom stereocenters.